The summed E-state index contributed by atoms with van der Waals surface area (Å²) in [7, 11) is 0. The van der Waals surface area contributed by atoms with Gasteiger partial charge in [-0.15, -0.1) is 0 Å². The minimum absolute atomic E-state index is 0.0950. The van der Waals surface area contributed by atoms with Crippen LogP contribution in [-0.2, 0) is 22.2 Å². The zero-order chi connectivity index (χ0) is 45.3. The van der Waals surface area contributed by atoms with Crippen molar-refractivity contribution in [1.29, 1.82) is 0 Å². The van der Waals surface area contributed by atoms with Gasteiger partial charge in [0, 0.05) is 45.5 Å². The second kappa shape index (κ2) is 17.6. The van der Waals surface area contributed by atoms with Crippen LogP contribution in [0.3, 0.4) is 0 Å². The molecule has 0 radical (unpaired) electrons. The van der Waals surface area contributed by atoms with Crippen LogP contribution < -0.4 is 14.4 Å². The van der Waals surface area contributed by atoms with Gasteiger partial charge in [-0.3, -0.25) is 19.2 Å². The number of hydrogen-bond acceptors (Lipinski definition) is 6. The van der Waals surface area contributed by atoms with E-state index in [1.807, 2.05) is 6.92 Å². The van der Waals surface area contributed by atoms with Crippen LogP contribution in [0, 0.1) is 30.2 Å². The summed E-state index contributed by atoms with van der Waals surface area (Å²) in [6, 6.07) is 19.1. The maximum atomic E-state index is 14.3. The lowest BCUT2D eigenvalue weighted by molar-refractivity contribution is -0.137. The Morgan fingerprint density at radius 1 is 0.683 bits per heavy atom. The molecule has 1 aliphatic heterocycles. The smallest absolute Gasteiger partial charge is 0.416 e. The highest BCUT2D eigenvalue weighted by Crippen LogP contribution is 2.44. The zero-order valence-electron chi connectivity index (χ0n) is 33.6. The van der Waals surface area contributed by atoms with Crippen LogP contribution in [0.15, 0.2) is 109 Å². The molecule has 0 saturated heterocycles. The standard InChI is InChI=1S/C49H34F7NO6/c1-4-6-38-45-26(3)46(62-5-2)41(28-9-11-31(12-10-28)49(54,55)56)24-42(45)48(61)57(47(38)60)36-13-7-27(8-14-36)15-44(59)63-37-22-39(29-16-32(50)20-33(51)17-29)43(25-58)40(23-37)30-18-34(52)21-35(53)19-30/h6-14,16-25H,4-5,15H2,1-3H3/b38-6+. The number of carbonyl (C=O) groups excluding carboxylic acids is 4. The van der Waals surface area contributed by atoms with Crippen LogP contribution in [-0.4, -0.2) is 30.7 Å². The number of benzene rings is 6. The summed E-state index contributed by atoms with van der Waals surface area (Å²) in [4.78, 5) is 55.2. The van der Waals surface area contributed by atoms with Crippen LogP contribution in [0.2, 0.25) is 0 Å². The van der Waals surface area contributed by atoms with Crippen molar-refractivity contribution >= 4 is 35.3 Å². The Labute approximate surface area is 356 Å². The molecular weight excluding hydrogens is 832 g/mol. The van der Waals surface area contributed by atoms with E-state index in [0.717, 1.165) is 41.3 Å². The fourth-order valence-corrected chi connectivity index (χ4v) is 7.57. The minimum atomic E-state index is -4.57. The maximum Gasteiger partial charge on any atom is 0.416 e. The Morgan fingerprint density at radius 3 is 1.73 bits per heavy atom. The molecular formula is C49H34F7NO6. The second-order valence-corrected chi connectivity index (χ2v) is 14.5. The number of ether oxygens (including phenoxy) is 2. The topological polar surface area (TPSA) is 90.0 Å². The van der Waals surface area contributed by atoms with E-state index in [-0.39, 0.29) is 63.4 Å². The molecule has 0 atom stereocenters. The third-order valence-corrected chi connectivity index (χ3v) is 10.3. The predicted molar refractivity (Wildman–Crippen MR) is 221 cm³/mol. The van der Waals surface area contributed by atoms with Gasteiger partial charge in [-0.1, -0.05) is 37.3 Å². The van der Waals surface area contributed by atoms with Gasteiger partial charge in [-0.05, 0) is 120 Å². The number of aldehydes is 1. The molecule has 0 aliphatic carbocycles. The first kappa shape index (κ1) is 43.7. The highest BCUT2D eigenvalue weighted by molar-refractivity contribution is 6.41. The monoisotopic (exact) mass is 865 g/mol. The van der Waals surface area contributed by atoms with Gasteiger partial charge in [-0.2, -0.15) is 13.2 Å². The van der Waals surface area contributed by atoms with E-state index in [0.29, 0.717) is 58.4 Å². The first-order chi connectivity index (χ1) is 30.0. The largest absolute Gasteiger partial charge is 0.493 e. The summed E-state index contributed by atoms with van der Waals surface area (Å²) < 4.78 is 109. The molecule has 1 aliphatic rings. The van der Waals surface area contributed by atoms with Gasteiger partial charge < -0.3 is 9.47 Å². The highest BCUT2D eigenvalue weighted by Gasteiger charge is 2.39. The number of nitrogens with zero attached hydrogens (tertiary/aromatic N) is 1. The van der Waals surface area contributed by atoms with E-state index >= 15 is 0 Å². The molecule has 320 valence electrons. The van der Waals surface area contributed by atoms with Crippen LogP contribution in [0.5, 0.6) is 11.5 Å². The third-order valence-electron chi connectivity index (χ3n) is 10.3. The molecule has 7 rings (SSSR count). The number of allylic oxidation sites excluding steroid dienone is 1. The van der Waals surface area contributed by atoms with E-state index in [1.165, 1.54) is 54.6 Å². The number of alkyl halides is 3. The normalized spacial score (nSPS) is 13.3. The number of hydrogen-bond donors (Lipinski definition) is 0. The maximum absolute atomic E-state index is 14.3. The molecule has 1 heterocycles. The lowest BCUT2D eigenvalue weighted by atomic mass is 9.85. The number of imide groups is 1. The quantitative estimate of drug-likeness (QED) is 0.0322. The highest BCUT2D eigenvalue weighted by atomic mass is 19.4. The van der Waals surface area contributed by atoms with E-state index in [9.17, 15) is 49.9 Å². The van der Waals surface area contributed by atoms with Crippen LogP contribution >= 0.6 is 0 Å². The Morgan fingerprint density at radius 2 is 1.24 bits per heavy atom. The molecule has 0 unspecified atom stereocenters. The summed E-state index contributed by atoms with van der Waals surface area (Å²) in [5, 5.41) is 0. The molecule has 0 bridgehead atoms. The minimum Gasteiger partial charge on any atom is -0.493 e. The lowest BCUT2D eigenvalue weighted by Gasteiger charge is -2.31. The average Bonchev–Trinajstić information content (AvgIpc) is 3.22. The molecule has 7 nitrogen and oxygen atoms in total. The number of amides is 2. The Bertz CT molecular complexity index is 2740. The Kier molecular flexibility index (Phi) is 12.2. The average molecular weight is 866 g/mol. The molecule has 0 aromatic heterocycles. The number of rotatable bonds is 11. The number of esters is 1. The third kappa shape index (κ3) is 8.87. The van der Waals surface area contributed by atoms with Gasteiger partial charge in [0.15, 0.2) is 6.29 Å². The van der Waals surface area contributed by atoms with Gasteiger partial charge in [0.2, 0.25) is 0 Å². The van der Waals surface area contributed by atoms with Crippen molar-refractivity contribution in [3.05, 3.63) is 166 Å². The van der Waals surface area contributed by atoms with Crippen LogP contribution in [0.4, 0.5) is 36.4 Å². The summed E-state index contributed by atoms with van der Waals surface area (Å²) in [6.45, 7) is 5.40. The van der Waals surface area contributed by atoms with E-state index in [4.69, 9.17) is 9.47 Å². The van der Waals surface area contributed by atoms with E-state index in [1.54, 1.807) is 19.9 Å². The molecule has 0 saturated carbocycles. The van der Waals surface area contributed by atoms with Gasteiger partial charge in [0.05, 0.1) is 24.3 Å². The Balaban J connectivity index is 1.20. The fourth-order valence-electron chi connectivity index (χ4n) is 7.57. The number of fused-ring (bicyclic) bond motifs is 1. The second-order valence-electron chi connectivity index (χ2n) is 14.5. The molecule has 14 heteroatoms. The first-order valence-corrected chi connectivity index (χ1v) is 19.4. The number of halogens is 7. The van der Waals surface area contributed by atoms with Gasteiger partial charge >= 0.3 is 12.1 Å². The van der Waals surface area contributed by atoms with Crippen molar-refractivity contribution in [3.63, 3.8) is 0 Å². The lowest BCUT2D eigenvalue weighted by Crippen LogP contribution is -2.42. The van der Waals surface area contributed by atoms with Gasteiger partial charge in [-0.25, -0.2) is 22.5 Å². The van der Waals surface area contributed by atoms with Crippen LogP contribution in [0.25, 0.3) is 39.0 Å². The van der Waals surface area contributed by atoms with Gasteiger partial charge in [0.1, 0.15) is 34.8 Å². The van der Waals surface area contributed by atoms with Crippen molar-refractivity contribution in [3.8, 4) is 44.9 Å². The molecule has 0 fully saturated rings. The van der Waals surface area contributed by atoms with Gasteiger partial charge in [0.25, 0.3) is 11.8 Å². The molecule has 63 heavy (non-hydrogen) atoms. The SMILES string of the molecule is CC/C=C1/C(=O)N(c2ccc(CC(=O)Oc3cc(-c4cc(F)cc(F)c4)c(C=O)c(-c4cc(F)cc(F)c4)c3)cc2)C(=O)c2cc(-c3ccc(C(F)(F)F)cc3)c(OCC)c(C)c21. The molecule has 0 N–H and O–H groups in total. The molecule has 6 aromatic rings. The molecule has 6 aromatic carbocycles. The van der Waals surface area contributed by atoms with Crippen molar-refractivity contribution in [2.24, 2.45) is 0 Å². The zero-order valence-corrected chi connectivity index (χ0v) is 33.6. The first-order valence-electron chi connectivity index (χ1n) is 19.4. The summed E-state index contributed by atoms with van der Waals surface area (Å²) in [6.07, 6.45) is -2.53. The van der Waals surface area contributed by atoms with E-state index in [2.05, 4.69) is 0 Å². The molecule has 2 amide bonds. The number of carbonyl (C=O) groups is 4. The fraction of sp³-hybridized carbons (Fsp3) is 0.143. The summed E-state index contributed by atoms with van der Waals surface area (Å²) in [5.74, 6) is -6.04. The summed E-state index contributed by atoms with van der Waals surface area (Å²) >= 11 is 0. The van der Waals surface area contributed by atoms with E-state index < -0.39 is 52.8 Å². The van der Waals surface area contributed by atoms with Crippen molar-refractivity contribution in [1.82, 2.24) is 0 Å². The predicted octanol–water partition coefficient (Wildman–Crippen LogP) is 11.9. The van der Waals surface area contributed by atoms with Crippen LogP contribution in [0.1, 0.15) is 63.2 Å². The molecule has 0 spiro atoms. The van der Waals surface area contributed by atoms with Crippen molar-refractivity contribution < 1.29 is 59.4 Å². The van der Waals surface area contributed by atoms with Crippen molar-refractivity contribution in [2.45, 2.75) is 39.8 Å². The number of anilines is 1. The summed E-state index contributed by atoms with van der Waals surface area (Å²) in [5.41, 5.74) is 0.813. The van der Waals surface area contributed by atoms with Crippen molar-refractivity contribution in [2.75, 3.05) is 11.5 Å². The Hall–Kier alpha value is -7.35.